The number of nitrogens with one attached hydrogen (secondary N) is 2. The van der Waals surface area contributed by atoms with Gasteiger partial charge in [-0.3, -0.25) is 20.2 Å². The summed E-state index contributed by atoms with van der Waals surface area (Å²) in [7, 11) is 0. The number of hydrogen-bond acceptors (Lipinski definition) is 9. The van der Waals surface area contributed by atoms with Gasteiger partial charge in [0.05, 0.1) is 9.85 Å². The van der Waals surface area contributed by atoms with E-state index in [1.54, 1.807) is 6.07 Å². The maximum atomic E-state index is 11.0. The molecule has 0 saturated carbocycles. The maximum absolute atomic E-state index is 11.0. The minimum Gasteiger partial charge on any atom is -0.354 e. The first-order valence-electron chi connectivity index (χ1n) is 5.57. The molecule has 0 aliphatic heterocycles. The molecule has 0 spiro atoms. The van der Waals surface area contributed by atoms with Crippen LogP contribution in [0.4, 0.5) is 17.1 Å². The number of aromatic amines is 1. The van der Waals surface area contributed by atoms with Crippen LogP contribution in [0.5, 0.6) is 0 Å². The molecule has 0 radical (unpaired) electrons. The van der Waals surface area contributed by atoms with Crippen LogP contribution in [0.2, 0.25) is 0 Å². The Labute approximate surface area is 121 Å². The standard InChI is InChI=1S/C10H6N8O4/c11-4-6(10-13-15-16-14-10)5-12-7-2-1-3-8(17(19)20)9(7)18(21)22/h1-3,5,12H,(H,13,14,15,16). The largest absolute Gasteiger partial charge is 0.369 e. The molecule has 2 rings (SSSR count). The summed E-state index contributed by atoms with van der Waals surface area (Å²) in [5.74, 6) is -0.0249. The first-order valence-corrected chi connectivity index (χ1v) is 5.57. The van der Waals surface area contributed by atoms with Crippen molar-refractivity contribution in [2.75, 3.05) is 5.32 Å². The average molecular weight is 302 g/mol. The first-order chi connectivity index (χ1) is 10.5. The number of rotatable bonds is 5. The molecule has 0 unspecified atom stereocenters. The fourth-order valence-corrected chi connectivity index (χ4v) is 1.56. The van der Waals surface area contributed by atoms with Gasteiger partial charge in [0, 0.05) is 12.3 Å². The number of allylic oxidation sites excluding steroid dienone is 1. The molecule has 0 atom stereocenters. The van der Waals surface area contributed by atoms with E-state index in [9.17, 15) is 20.2 Å². The summed E-state index contributed by atoms with van der Waals surface area (Å²) in [6.45, 7) is 0. The van der Waals surface area contributed by atoms with Crippen molar-refractivity contribution in [3.8, 4) is 6.07 Å². The first kappa shape index (κ1) is 14.5. The lowest BCUT2D eigenvalue weighted by atomic mass is 10.2. The van der Waals surface area contributed by atoms with E-state index in [0.717, 1.165) is 12.3 Å². The van der Waals surface area contributed by atoms with Crippen molar-refractivity contribution < 1.29 is 9.85 Å². The summed E-state index contributed by atoms with van der Waals surface area (Å²) >= 11 is 0. The Kier molecular flexibility index (Phi) is 3.99. The van der Waals surface area contributed by atoms with Crippen molar-refractivity contribution >= 4 is 22.6 Å². The number of nitrogens with zero attached hydrogens (tertiary/aromatic N) is 6. The van der Waals surface area contributed by atoms with Crippen LogP contribution < -0.4 is 5.32 Å². The highest BCUT2D eigenvalue weighted by atomic mass is 16.6. The van der Waals surface area contributed by atoms with E-state index >= 15 is 0 Å². The predicted molar refractivity (Wildman–Crippen MR) is 71.1 cm³/mol. The second-order valence-corrected chi connectivity index (χ2v) is 3.74. The number of nitriles is 1. The topological polar surface area (TPSA) is 177 Å². The van der Waals surface area contributed by atoms with Gasteiger partial charge in [-0.1, -0.05) is 6.07 Å². The molecule has 0 fully saturated rings. The molecule has 1 heterocycles. The fraction of sp³-hybridized carbons (Fsp3) is 0. The number of aromatic nitrogens is 4. The minimum atomic E-state index is -0.880. The molecular weight excluding hydrogens is 296 g/mol. The van der Waals surface area contributed by atoms with Crippen molar-refractivity contribution in [1.29, 1.82) is 5.26 Å². The van der Waals surface area contributed by atoms with Crippen LogP contribution in [0.15, 0.2) is 24.4 Å². The Morgan fingerprint density at radius 1 is 1.36 bits per heavy atom. The Morgan fingerprint density at radius 3 is 2.68 bits per heavy atom. The van der Waals surface area contributed by atoms with Crippen molar-refractivity contribution in [2.45, 2.75) is 0 Å². The molecule has 1 aromatic heterocycles. The van der Waals surface area contributed by atoms with Gasteiger partial charge in [0.15, 0.2) is 0 Å². The lowest BCUT2D eigenvalue weighted by molar-refractivity contribution is -0.421. The minimum absolute atomic E-state index is 0.0249. The smallest absolute Gasteiger partial charge is 0.354 e. The summed E-state index contributed by atoms with van der Waals surface area (Å²) in [6, 6.07) is 5.33. The van der Waals surface area contributed by atoms with Gasteiger partial charge in [-0.25, -0.2) is 0 Å². The normalized spacial score (nSPS) is 10.8. The van der Waals surface area contributed by atoms with Crippen molar-refractivity contribution in [3.63, 3.8) is 0 Å². The third-order valence-corrected chi connectivity index (χ3v) is 2.47. The van der Waals surface area contributed by atoms with Gasteiger partial charge in [-0.05, 0) is 11.3 Å². The van der Waals surface area contributed by atoms with E-state index in [1.807, 2.05) is 0 Å². The zero-order chi connectivity index (χ0) is 16.1. The highest BCUT2D eigenvalue weighted by Gasteiger charge is 2.27. The van der Waals surface area contributed by atoms with Crippen molar-refractivity contribution in [3.05, 3.63) is 50.5 Å². The number of H-pyrrole nitrogens is 1. The van der Waals surface area contributed by atoms with Crippen LogP contribution in [-0.4, -0.2) is 30.5 Å². The Hall–Kier alpha value is -3.88. The molecule has 0 amide bonds. The summed E-state index contributed by atoms with van der Waals surface area (Å²) in [5.41, 5.74) is -1.58. The Bertz CT molecular complexity index is 792. The third kappa shape index (κ3) is 2.82. The van der Waals surface area contributed by atoms with Gasteiger partial charge in [0.2, 0.25) is 5.82 Å². The fourth-order valence-electron chi connectivity index (χ4n) is 1.56. The van der Waals surface area contributed by atoms with Crippen LogP contribution in [-0.2, 0) is 0 Å². The second kappa shape index (κ2) is 6.05. The van der Waals surface area contributed by atoms with E-state index < -0.39 is 21.2 Å². The molecule has 12 nitrogen and oxygen atoms in total. The molecule has 2 aromatic rings. The Balaban J connectivity index is 2.42. The van der Waals surface area contributed by atoms with Crippen molar-refractivity contribution in [1.82, 2.24) is 20.6 Å². The number of benzene rings is 1. The number of tetrazole rings is 1. The summed E-state index contributed by atoms with van der Waals surface area (Å²) in [5, 5.41) is 45.9. The third-order valence-electron chi connectivity index (χ3n) is 2.47. The Morgan fingerprint density at radius 2 is 2.14 bits per heavy atom. The van der Waals surface area contributed by atoms with Crippen LogP contribution in [0.1, 0.15) is 5.82 Å². The van der Waals surface area contributed by atoms with Gasteiger partial charge in [-0.2, -0.15) is 10.5 Å². The van der Waals surface area contributed by atoms with Crippen LogP contribution >= 0.6 is 0 Å². The number of hydrogen-bond donors (Lipinski definition) is 2. The van der Waals surface area contributed by atoms with Gasteiger partial charge >= 0.3 is 11.4 Å². The molecule has 0 saturated heterocycles. The second-order valence-electron chi connectivity index (χ2n) is 3.74. The van der Waals surface area contributed by atoms with E-state index in [2.05, 4.69) is 25.9 Å². The SMILES string of the molecule is N#CC(=CNc1cccc([N+](=O)[O-])c1[N+](=O)[O-])c1nn[nH]n1. The molecule has 22 heavy (non-hydrogen) atoms. The molecule has 1 aromatic carbocycles. The maximum Gasteiger partial charge on any atom is 0.369 e. The highest BCUT2D eigenvalue weighted by Crippen LogP contribution is 2.34. The zero-order valence-corrected chi connectivity index (χ0v) is 10.6. The quantitative estimate of drug-likeness (QED) is 0.463. The molecule has 0 aliphatic rings. The lowest BCUT2D eigenvalue weighted by Gasteiger charge is -2.03. The van der Waals surface area contributed by atoms with Gasteiger partial charge in [-0.15, -0.1) is 10.2 Å². The zero-order valence-electron chi connectivity index (χ0n) is 10.6. The summed E-state index contributed by atoms with van der Waals surface area (Å²) < 4.78 is 0. The number of anilines is 1. The van der Waals surface area contributed by atoms with Gasteiger partial charge < -0.3 is 5.32 Å². The molecule has 2 N–H and O–H groups in total. The lowest BCUT2D eigenvalue weighted by Crippen LogP contribution is -2.01. The van der Waals surface area contributed by atoms with Crippen LogP contribution in [0, 0.1) is 31.6 Å². The molecule has 12 heteroatoms. The molecule has 0 aliphatic carbocycles. The van der Waals surface area contributed by atoms with Gasteiger partial charge in [0.25, 0.3) is 0 Å². The average Bonchev–Trinajstić information content (AvgIpc) is 3.01. The number of nitro benzene ring substituents is 2. The van der Waals surface area contributed by atoms with Crippen LogP contribution in [0.25, 0.3) is 5.57 Å². The van der Waals surface area contributed by atoms with E-state index in [1.165, 1.54) is 12.1 Å². The van der Waals surface area contributed by atoms with E-state index in [0.29, 0.717) is 0 Å². The molecule has 110 valence electrons. The number of nitro groups is 2. The van der Waals surface area contributed by atoms with Gasteiger partial charge in [0.1, 0.15) is 17.3 Å². The van der Waals surface area contributed by atoms with Crippen LogP contribution in [0.3, 0.4) is 0 Å². The highest BCUT2D eigenvalue weighted by molar-refractivity contribution is 5.77. The monoisotopic (exact) mass is 302 g/mol. The summed E-state index contributed by atoms with van der Waals surface area (Å²) in [4.78, 5) is 20.1. The molecular formula is C10H6N8O4. The number of para-hydroxylation sites is 1. The van der Waals surface area contributed by atoms with Crippen molar-refractivity contribution in [2.24, 2.45) is 0 Å². The predicted octanol–water partition coefficient (Wildman–Crippen LogP) is 0.993. The van der Waals surface area contributed by atoms with E-state index in [-0.39, 0.29) is 17.1 Å². The summed E-state index contributed by atoms with van der Waals surface area (Å²) in [6.07, 6.45) is 1.09. The van der Waals surface area contributed by atoms with E-state index in [4.69, 9.17) is 5.26 Å². The molecule has 0 bridgehead atoms.